The maximum absolute atomic E-state index is 13.9. The fourth-order valence-corrected chi connectivity index (χ4v) is 2.29. The van der Waals surface area contributed by atoms with Gasteiger partial charge >= 0.3 is 0 Å². The first-order valence-electron chi connectivity index (χ1n) is 5.98. The maximum Gasteiger partial charge on any atom is 0.277 e. The van der Waals surface area contributed by atoms with E-state index >= 15 is 0 Å². The molecule has 1 aromatic rings. The van der Waals surface area contributed by atoms with Crippen molar-refractivity contribution in [1.29, 1.82) is 0 Å². The molecule has 0 aliphatic carbocycles. The van der Waals surface area contributed by atoms with Crippen LogP contribution in [0.25, 0.3) is 0 Å². The van der Waals surface area contributed by atoms with Crippen LogP contribution in [0.15, 0.2) is 24.3 Å². The Morgan fingerprint density at radius 2 is 1.82 bits per heavy atom. The van der Waals surface area contributed by atoms with E-state index in [2.05, 4.69) is 0 Å². The van der Waals surface area contributed by atoms with Crippen molar-refractivity contribution in [2.24, 2.45) is 0 Å². The minimum atomic E-state index is -2.95. The van der Waals surface area contributed by atoms with E-state index in [1.807, 2.05) is 4.90 Å². The average molecular weight is 241 g/mol. The molecule has 0 atom stereocenters. The van der Waals surface area contributed by atoms with Crippen molar-refractivity contribution in [3.63, 3.8) is 0 Å². The lowest BCUT2D eigenvalue weighted by molar-refractivity contribution is -0.0264. The number of benzene rings is 1. The van der Waals surface area contributed by atoms with Gasteiger partial charge < -0.3 is 10.0 Å². The van der Waals surface area contributed by atoms with Crippen molar-refractivity contribution in [3.8, 4) is 0 Å². The van der Waals surface area contributed by atoms with Crippen molar-refractivity contribution in [2.75, 3.05) is 24.6 Å². The van der Waals surface area contributed by atoms with Crippen LogP contribution in [-0.4, -0.2) is 24.8 Å². The van der Waals surface area contributed by atoms with Crippen LogP contribution in [0.5, 0.6) is 0 Å². The SMILES string of the molecule is OCCC(F)(F)c1ccccc1N1CCCC1. The molecule has 2 nitrogen and oxygen atoms in total. The molecule has 0 radical (unpaired) electrons. The topological polar surface area (TPSA) is 23.5 Å². The molecule has 17 heavy (non-hydrogen) atoms. The van der Waals surface area contributed by atoms with Gasteiger partial charge in [-0.15, -0.1) is 0 Å². The third-order valence-electron chi connectivity index (χ3n) is 3.17. The molecule has 1 saturated heterocycles. The Labute approximate surface area is 99.9 Å². The molecule has 1 fully saturated rings. The molecule has 0 amide bonds. The summed E-state index contributed by atoms with van der Waals surface area (Å²) in [6, 6.07) is 6.61. The summed E-state index contributed by atoms with van der Waals surface area (Å²) in [5.74, 6) is -2.95. The highest BCUT2D eigenvalue weighted by atomic mass is 19.3. The first-order valence-corrected chi connectivity index (χ1v) is 5.98. The molecule has 4 heteroatoms. The first-order chi connectivity index (χ1) is 8.15. The van der Waals surface area contributed by atoms with Gasteiger partial charge in [-0.1, -0.05) is 18.2 Å². The van der Waals surface area contributed by atoms with Gasteiger partial charge in [0.1, 0.15) is 0 Å². The molecule has 0 aromatic heterocycles. The zero-order valence-electron chi connectivity index (χ0n) is 9.70. The van der Waals surface area contributed by atoms with Crippen LogP contribution in [0.2, 0.25) is 0 Å². The fourth-order valence-electron chi connectivity index (χ4n) is 2.29. The Hall–Kier alpha value is -1.16. The van der Waals surface area contributed by atoms with Gasteiger partial charge in [-0.3, -0.25) is 0 Å². The normalized spacial score (nSPS) is 16.5. The molecule has 94 valence electrons. The van der Waals surface area contributed by atoms with Crippen molar-refractivity contribution in [2.45, 2.75) is 25.2 Å². The van der Waals surface area contributed by atoms with Crippen molar-refractivity contribution in [1.82, 2.24) is 0 Å². The van der Waals surface area contributed by atoms with Gasteiger partial charge in [0.2, 0.25) is 0 Å². The van der Waals surface area contributed by atoms with E-state index in [-0.39, 0.29) is 5.56 Å². The Morgan fingerprint density at radius 3 is 2.47 bits per heavy atom. The van der Waals surface area contributed by atoms with E-state index < -0.39 is 19.0 Å². The Balaban J connectivity index is 2.32. The zero-order valence-corrected chi connectivity index (χ0v) is 9.70. The Morgan fingerprint density at radius 1 is 1.18 bits per heavy atom. The lowest BCUT2D eigenvalue weighted by Crippen LogP contribution is -2.24. The molecule has 0 spiro atoms. The summed E-state index contributed by atoms with van der Waals surface area (Å²) in [6.07, 6.45) is 1.59. The van der Waals surface area contributed by atoms with Crippen LogP contribution in [0, 0.1) is 0 Å². The second kappa shape index (κ2) is 5.00. The molecule has 0 bridgehead atoms. The van der Waals surface area contributed by atoms with Gasteiger partial charge in [-0.05, 0) is 18.9 Å². The third kappa shape index (κ3) is 2.57. The molecular formula is C13H17F2NO. The molecule has 0 saturated carbocycles. The Kier molecular flexibility index (Phi) is 3.62. The summed E-state index contributed by atoms with van der Waals surface area (Å²) in [5.41, 5.74) is 0.652. The lowest BCUT2D eigenvalue weighted by Gasteiger charge is -2.25. The van der Waals surface area contributed by atoms with Crippen molar-refractivity contribution < 1.29 is 13.9 Å². The molecule has 1 aliphatic rings. The number of anilines is 1. The number of halogens is 2. The quantitative estimate of drug-likeness (QED) is 0.876. The van der Waals surface area contributed by atoms with E-state index in [1.54, 1.807) is 18.2 Å². The van der Waals surface area contributed by atoms with E-state index in [1.165, 1.54) is 6.07 Å². The molecule has 0 unspecified atom stereocenters. The molecule has 1 heterocycles. The second-order valence-electron chi connectivity index (χ2n) is 4.39. The van der Waals surface area contributed by atoms with Crippen LogP contribution < -0.4 is 4.90 Å². The second-order valence-corrected chi connectivity index (χ2v) is 4.39. The van der Waals surface area contributed by atoms with Crippen LogP contribution in [0.3, 0.4) is 0 Å². The molecule has 1 aromatic carbocycles. The van der Waals surface area contributed by atoms with Gasteiger partial charge in [-0.2, -0.15) is 0 Å². The van der Waals surface area contributed by atoms with Crippen LogP contribution >= 0.6 is 0 Å². The summed E-state index contributed by atoms with van der Waals surface area (Å²) in [7, 11) is 0. The van der Waals surface area contributed by atoms with Crippen molar-refractivity contribution in [3.05, 3.63) is 29.8 Å². The van der Waals surface area contributed by atoms with Gasteiger partial charge in [0.25, 0.3) is 5.92 Å². The summed E-state index contributed by atoms with van der Waals surface area (Å²) < 4.78 is 27.8. The standard InChI is InChI=1S/C13H17F2NO/c14-13(15,7-10-17)11-5-1-2-6-12(11)16-8-3-4-9-16/h1-2,5-6,17H,3-4,7-10H2. The maximum atomic E-state index is 13.9. The van der Waals surface area contributed by atoms with Crippen LogP contribution in [0.1, 0.15) is 24.8 Å². The molecule has 2 rings (SSSR count). The zero-order chi connectivity index (χ0) is 12.3. The number of para-hydroxylation sites is 1. The number of aliphatic hydroxyl groups is 1. The Bertz CT molecular complexity index is 375. The third-order valence-corrected chi connectivity index (χ3v) is 3.17. The largest absolute Gasteiger partial charge is 0.396 e. The summed E-state index contributed by atoms with van der Waals surface area (Å²) in [6.45, 7) is 1.18. The number of hydrogen-bond donors (Lipinski definition) is 1. The van der Waals surface area contributed by atoms with E-state index in [4.69, 9.17) is 5.11 Å². The first kappa shape index (κ1) is 12.3. The minimum absolute atomic E-state index is 0.0379. The van der Waals surface area contributed by atoms with Gasteiger partial charge in [-0.25, -0.2) is 8.78 Å². The summed E-state index contributed by atoms with van der Waals surface area (Å²) in [5, 5.41) is 8.73. The lowest BCUT2D eigenvalue weighted by atomic mass is 10.0. The highest BCUT2D eigenvalue weighted by Gasteiger charge is 2.34. The van der Waals surface area contributed by atoms with E-state index in [9.17, 15) is 8.78 Å². The number of aliphatic hydroxyl groups excluding tert-OH is 1. The fraction of sp³-hybridized carbons (Fsp3) is 0.538. The van der Waals surface area contributed by atoms with E-state index in [0.29, 0.717) is 5.69 Å². The smallest absolute Gasteiger partial charge is 0.277 e. The number of alkyl halides is 2. The van der Waals surface area contributed by atoms with Crippen LogP contribution in [-0.2, 0) is 5.92 Å². The highest BCUT2D eigenvalue weighted by Crippen LogP contribution is 2.38. The minimum Gasteiger partial charge on any atom is -0.396 e. The molecule has 1 aliphatic heterocycles. The summed E-state index contributed by atoms with van der Waals surface area (Å²) >= 11 is 0. The predicted molar refractivity (Wildman–Crippen MR) is 63.5 cm³/mol. The predicted octanol–water partition coefficient (Wildman–Crippen LogP) is 2.76. The van der Waals surface area contributed by atoms with Crippen molar-refractivity contribution >= 4 is 5.69 Å². The molecule has 1 N–H and O–H groups in total. The highest BCUT2D eigenvalue weighted by molar-refractivity contribution is 5.56. The van der Waals surface area contributed by atoms with Crippen LogP contribution in [0.4, 0.5) is 14.5 Å². The number of rotatable bonds is 4. The van der Waals surface area contributed by atoms with Gasteiger partial charge in [0, 0.05) is 37.4 Å². The number of nitrogens with zero attached hydrogens (tertiary/aromatic N) is 1. The van der Waals surface area contributed by atoms with E-state index in [0.717, 1.165) is 25.9 Å². The summed E-state index contributed by atoms with van der Waals surface area (Å²) in [4.78, 5) is 2.00. The monoisotopic (exact) mass is 241 g/mol. The molecular weight excluding hydrogens is 224 g/mol. The average Bonchev–Trinajstić information content (AvgIpc) is 2.82. The van der Waals surface area contributed by atoms with Gasteiger partial charge in [0.15, 0.2) is 0 Å². The van der Waals surface area contributed by atoms with Gasteiger partial charge in [0.05, 0.1) is 0 Å². The number of hydrogen-bond acceptors (Lipinski definition) is 2.